The van der Waals surface area contributed by atoms with E-state index in [1.807, 2.05) is 5.38 Å². The molecule has 3 aliphatic rings. The van der Waals surface area contributed by atoms with Crippen molar-refractivity contribution in [3.63, 3.8) is 0 Å². The second-order valence-corrected chi connectivity index (χ2v) is 6.35. The van der Waals surface area contributed by atoms with Gasteiger partial charge in [-0.3, -0.25) is 9.69 Å². The van der Waals surface area contributed by atoms with E-state index in [1.165, 1.54) is 24.0 Å². The minimum absolute atomic E-state index is 0.0233. The third-order valence-corrected chi connectivity index (χ3v) is 5.68. The summed E-state index contributed by atoms with van der Waals surface area (Å²) in [7, 11) is 1.38. The Hall–Kier alpha value is -1.62. The second-order valence-electron chi connectivity index (χ2n) is 5.47. The Morgan fingerprint density at radius 2 is 2.37 bits per heavy atom. The van der Waals surface area contributed by atoms with E-state index in [0.29, 0.717) is 12.5 Å². The lowest BCUT2D eigenvalue weighted by molar-refractivity contribution is 0.104. The number of hydrogen-bond donors (Lipinski definition) is 0. The second kappa shape index (κ2) is 3.28. The maximum Gasteiger partial charge on any atom is 0.413 e. The van der Waals surface area contributed by atoms with E-state index < -0.39 is 0 Å². The van der Waals surface area contributed by atoms with Gasteiger partial charge in [-0.25, -0.2) is 4.79 Å². The summed E-state index contributed by atoms with van der Waals surface area (Å²) < 4.78 is 4.82. The number of ketones is 1. The smallest absolute Gasteiger partial charge is 0.413 e. The average molecular weight is 275 g/mol. The number of piperidine rings is 1. The zero-order chi connectivity index (χ0) is 13.4. The molecule has 0 radical (unpaired) electrons. The lowest BCUT2D eigenvalue weighted by Gasteiger charge is -2.27. The maximum absolute atomic E-state index is 12.2. The highest BCUT2D eigenvalue weighted by molar-refractivity contribution is 7.12. The van der Waals surface area contributed by atoms with Crippen LogP contribution in [-0.4, -0.2) is 30.4 Å². The molecule has 0 N–H and O–H groups in total. The van der Waals surface area contributed by atoms with Gasteiger partial charge in [0.25, 0.3) is 0 Å². The molecule has 4 rings (SSSR count). The van der Waals surface area contributed by atoms with E-state index >= 15 is 0 Å². The minimum atomic E-state index is -0.359. The summed E-state index contributed by atoms with van der Waals surface area (Å²) in [5, 5.41) is 2.05. The molecule has 4 nitrogen and oxygen atoms in total. The first-order chi connectivity index (χ1) is 9.09. The van der Waals surface area contributed by atoms with Crippen molar-refractivity contribution in [2.75, 3.05) is 13.7 Å². The van der Waals surface area contributed by atoms with Gasteiger partial charge in [-0.15, -0.1) is 11.3 Å². The van der Waals surface area contributed by atoms with Gasteiger partial charge >= 0.3 is 6.09 Å². The molecule has 2 unspecified atom stereocenters. The van der Waals surface area contributed by atoms with Crippen molar-refractivity contribution in [3.8, 4) is 0 Å². The summed E-state index contributed by atoms with van der Waals surface area (Å²) in [6.45, 7) is 2.72. The van der Waals surface area contributed by atoms with Crippen LogP contribution in [-0.2, 0) is 10.2 Å². The van der Waals surface area contributed by atoms with E-state index in [-0.39, 0.29) is 17.3 Å². The van der Waals surface area contributed by atoms with Gasteiger partial charge in [-0.2, -0.15) is 0 Å². The predicted octanol–water partition coefficient (Wildman–Crippen LogP) is 2.48. The molecule has 19 heavy (non-hydrogen) atoms. The van der Waals surface area contributed by atoms with Gasteiger partial charge < -0.3 is 4.74 Å². The number of carbonyl (C=O) groups excluding carboxylic acids is 2. The number of aryl methyl sites for hydroxylation is 1. The molecule has 1 saturated heterocycles. The third kappa shape index (κ3) is 1.15. The molecule has 2 aliphatic carbocycles. The number of fused-ring (bicyclic) bond motifs is 1. The SMILES string of the molecule is COC(=O)N1CC2CC23C1=CC(=O)c1scc(C)c13. The van der Waals surface area contributed by atoms with Crippen molar-refractivity contribution in [3.05, 3.63) is 33.2 Å². The Labute approximate surface area is 114 Å². The molecular formula is C14H13NO3S. The van der Waals surface area contributed by atoms with E-state index in [4.69, 9.17) is 4.74 Å². The van der Waals surface area contributed by atoms with Crippen LogP contribution in [0.1, 0.15) is 27.2 Å². The molecule has 0 bridgehead atoms. The summed E-state index contributed by atoms with van der Waals surface area (Å²) >= 11 is 1.52. The molecule has 1 spiro atoms. The highest BCUT2D eigenvalue weighted by Gasteiger charge is 2.68. The minimum Gasteiger partial charge on any atom is -0.452 e. The quantitative estimate of drug-likeness (QED) is 0.730. The van der Waals surface area contributed by atoms with Gasteiger partial charge in [0.1, 0.15) is 0 Å². The van der Waals surface area contributed by atoms with Crippen LogP contribution in [0.4, 0.5) is 4.79 Å². The molecule has 0 aromatic carbocycles. The molecule has 2 atom stereocenters. The van der Waals surface area contributed by atoms with Crippen molar-refractivity contribution in [2.45, 2.75) is 18.8 Å². The molecular weight excluding hydrogens is 262 g/mol. The first-order valence-electron chi connectivity index (χ1n) is 6.30. The Balaban J connectivity index is 1.90. The number of ether oxygens (including phenoxy) is 1. The zero-order valence-corrected chi connectivity index (χ0v) is 11.5. The monoisotopic (exact) mass is 275 g/mol. The van der Waals surface area contributed by atoms with Gasteiger partial charge in [-0.1, -0.05) is 0 Å². The summed E-state index contributed by atoms with van der Waals surface area (Å²) in [4.78, 5) is 26.5. The number of hydrogen-bond acceptors (Lipinski definition) is 4. The zero-order valence-electron chi connectivity index (χ0n) is 10.7. The first kappa shape index (κ1) is 11.2. The molecule has 1 aromatic rings. The fourth-order valence-corrected chi connectivity index (χ4v) is 4.77. The molecule has 1 aliphatic heterocycles. The predicted molar refractivity (Wildman–Crippen MR) is 70.4 cm³/mol. The van der Waals surface area contributed by atoms with Gasteiger partial charge in [-0.05, 0) is 35.8 Å². The molecule has 1 amide bonds. The van der Waals surface area contributed by atoms with E-state index in [1.54, 1.807) is 11.0 Å². The van der Waals surface area contributed by atoms with Crippen LogP contribution in [0.25, 0.3) is 0 Å². The Bertz CT molecular complexity index is 660. The number of carbonyl (C=O) groups is 2. The van der Waals surface area contributed by atoms with Crippen molar-refractivity contribution >= 4 is 23.2 Å². The van der Waals surface area contributed by atoms with Crippen LogP contribution in [0.3, 0.4) is 0 Å². The average Bonchev–Trinajstić information content (AvgIpc) is 2.79. The molecule has 1 saturated carbocycles. The summed E-state index contributed by atoms with van der Waals surface area (Å²) in [5.74, 6) is 0.466. The highest BCUT2D eigenvalue weighted by atomic mass is 32.1. The van der Waals surface area contributed by atoms with Gasteiger partial charge in [0.05, 0.1) is 12.0 Å². The molecule has 98 valence electrons. The molecule has 2 fully saturated rings. The van der Waals surface area contributed by atoms with Crippen LogP contribution in [0.5, 0.6) is 0 Å². The van der Waals surface area contributed by atoms with E-state index in [2.05, 4.69) is 6.92 Å². The Morgan fingerprint density at radius 3 is 3.11 bits per heavy atom. The standard InChI is InChI=1S/C14H13NO3S/c1-7-6-19-12-9(16)3-10-14(11(7)12)4-8(14)5-15(10)13(17)18-2/h3,6,8H,4-5H2,1-2H3. The number of likely N-dealkylation sites (tertiary alicyclic amines) is 1. The normalized spacial score (nSPS) is 30.4. The van der Waals surface area contributed by atoms with Gasteiger partial charge in [0.2, 0.25) is 0 Å². The number of thiophene rings is 1. The number of allylic oxidation sites excluding steroid dienone is 2. The lowest BCUT2D eigenvalue weighted by Crippen LogP contribution is -2.33. The Kier molecular flexibility index (Phi) is 1.94. The first-order valence-corrected chi connectivity index (χ1v) is 7.18. The molecule has 2 heterocycles. The van der Waals surface area contributed by atoms with Crippen molar-refractivity contribution in [2.24, 2.45) is 5.92 Å². The highest BCUT2D eigenvalue weighted by Crippen LogP contribution is 2.67. The largest absolute Gasteiger partial charge is 0.452 e. The van der Waals surface area contributed by atoms with Gasteiger partial charge in [0.15, 0.2) is 5.78 Å². The van der Waals surface area contributed by atoms with Crippen LogP contribution < -0.4 is 0 Å². The number of nitrogens with zero attached hydrogens (tertiary/aromatic N) is 1. The van der Waals surface area contributed by atoms with Crippen molar-refractivity contribution in [1.29, 1.82) is 0 Å². The van der Waals surface area contributed by atoms with E-state index in [9.17, 15) is 9.59 Å². The lowest BCUT2D eigenvalue weighted by atomic mass is 9.84. The van der Waals surface area contributed by atoms with Crippen LogP contribution in [0, 0.1) is 12.8 Å². The topological polar surface area (TPSA) is 46.6 Å². The summed E-state index contributed by atoms with van der Waals surface area (Å²) in [5.41, 5.74) is 3.11. The molecule has 1 aromatic heterocycles. The third-order valence-electron chi connectivity index (χ3n) is 4.56. The summed E-state index contributed by atoms with van der Waals surface area (Å²) in [6, 6.07) is 0. The van der Waals surface area contributed by atoms with Crippen molar-refractivity contribution < 1.29 is 14.3 Å². The number of amides is 1. The van der Waals surface area contributed by atoms with Crippen LogP contribution in [0.15, 0.2) is 17.2 Å². The summed E-state index contributed by atoms with van der Waals surface area (Å²) in [6.07, 6.45) is 2.33. The van der Waals surface area contributed by atoms with E-state index in [0.717, 1.165) is 22.6 Å². The van der Waals surface area contributed by atoms with Crippen LogP contribution in [0.2, 0.25) is 0 Å². The molecule has 5 heteroatoms. The Morgan fingerprint density at radius 1 is 1.58 bits per heavy atom. The number of methoxy groups -OCH3 is 1. The van der Waals surface area contributed by atoms with Gasteiger partial charge in [0, 0.05) is 23.7 Å². The number of rotatable bonds is 0. The van der Waals surface area contributed by atoms with Crippen LogP contribution >= 0.6 is 11.3 Å². The van der Waals surface area contributed by atoms with Crippen molar-refractivity contribution in [1.82, 2.24) is 4.90 Å². The fourth-order valence-electron chi connectivity index (χ4n) is 3.72. The maximum atomic E-state index is 12.2. The fraction of sp³-hybridized carbons (Fsp3) is 0.429.